The number of rotatable bonds is 0. The summed E-state index contributed by atoms with van der Waals surface area (Å²) in [6.07, 6.45) is 13.4. The Labute approximate surface area is 117 Å². The third kappa shape index (κ3) is 1.95. The molecule has 0 heterocycles. The van der Waals surface area contributed by atoms with Crippen LogP contribution in [0.25, 0.3) is 0 Å². The first kappa shape index (κ1) is 12.0. The maximum atomic E-state index is 2.45. The lowest BCUT2D eigenvalue weighted by atomic mass is 9.71. The molecular formula is C19H26. The number of fused-ring (bicyclic) bond motifs is 3. The second kappa shape index (κ2) is 4.96. The van der Waals surface area contributed by atoms with E-state index >= 15 is 0 Å². The van der Waals surface area contributed by atoms with Crippen LogP contribution < -0.4 is 0 Å². The molecule has 0 aliphatic heterocycles. The van der Waals surface area contributed by atoms with Crippen molar-refractivity contribution in [3.05, 3.63) is 35.4 Å². The maximum absolute atomic E-state index is 2.45. The first-order valence-corrected chi connectivity index (χ1v) is 8.54. The van der Waals surface area contributed by atoms with Crippen molar-refractivity contribution in [3.63, 3.8) is 0 Å². The lowest BCUT2D eigenvalue weighted by Gasteiger charge is -2.33. The van der Waals surface area contributed by atoms with Gasteiger partial charge in [-0.3, -0.25) is 0 Å². The highest BCUT2D eigenvalue weighted by Gasteiger charge is 2.44. The summed E-state index contributed by atoms with van der Waals surface area (Å²) in [4.78, 5) is 0. The van der Waals surface area contributed by atoms with Crippen LogP contribution in [0.2, 0.25) is 0 Å². The van der Waals surface area contributed by atoms with E-state index in [0.29, 0.717) is 0 Å². The third-order valence-electron chi connectivity index (χ3n) is 6.20. The van der Waals surface area contributed by atoms with Crippen LogP contribution in [0.15, 0.2) is 24.3 Å². The fourth-order valence-corrected chi connectivity index (χ4v) is 5.48. The minimum Gasteiger partial charge on any atom is -0.0620 e. The molecule has 0 aromatic heterocycles. The molecule has 4 rings (SSSR count). The SMILES string of the molecule is c1ccc2c(c1)C1CCCCCC3CCCCC2C31. The van der Waals surface area contributed by atoms with E-state index in [9.17, 15) is 0 Å². The van der Waals surface area contributed by atoms with Crippen molar-refractivity contribution >= 4 is 0 Å². The second-order valence-electron chi connectivity index (χ2n) is 7.10. The molecule has 4 unspecified atom stereocenters. The summed E-state index contributed by atoms with van der Waals surface area (Å²) in [7, 11) is 0. The van der Waals surface area contributed by atoms with Crippen LogP contribution in [0.3, 0.4) is 0 Å². The van der Waals surface area contributed by atoms with Crippen LogP contribution in [0, 0.1) is 11.8 Å². The lowest BCUT2D eigenvalue weighted by molar-refractivity contribution is 0.213. The van der Waals surface area contributed by atoms with Crippen molar-refractivity contribution in [3.8, 4) is 0 Å². The molecule has 1 aromatic carbocycles. The summed E-state index contributed by atoms with van der Waals surface area (Å²) in [5.74, 6) is 3.85. The summed E-state index contributed by atoms with van der Waals surface area (Å²) in [5, 5.41) is 0. The molecule has 102 valence electrons. The molecule has 0 heteroatoms. The fraction of sp³-hybridized carbons (Fsp3) is 0.684. The largest absolute Gasteiger partial charge is 0.0620 e. The van der Waals surface area contributed by atoms with E-state index < -0.39 is 0 Å². The zero-order valence-electron chi connectivity index (χ0n) is 12.0. The Morgan fingerprint density at radius 2 is 1.16 bits per heavy atom. The van der Waals surface area contributed by atoms with Crippen molar-refractivity contribution < 1.29 is 0 Å². The van der Waals surface area contributed by atoms with Crippen molar-refractivity contribution in [2.75, 3.05) is 0 Å². The van der Waals surface area contributed by atoms with Crippen LogP contribution in [-0.4, -0.2) is 0 Å². The molecule has 0 saturated heterocycles. The normalized spacial score (nSPS) is 37.7. The highest BCUT2D eigenvalue weighted by Crippen LogP contribution is 2.57. The molecule has 19 heavy (non-hydrogen) atoms. The Hall–Kier alpha value is -0.780. The molecule has 0 N–H and O–H groups in total. The summed E-state index contributed by atoms with van der Waals surface area (Å²) in [6, 6.07) is 9.45. The van der Waals surface area contributed by atoms with E-state index in [2.05, 4.69) is 24.3 Å². The number of hydrogen-bond donors (Lipinski definition) is 0. The van der Waals surface area contributed by atoms with Gasteiger partial charge >= 0.3 is 0 Å². The minimum atomic E-state index is 0.907. The first-order valence-electron chi connectivity index (χ1n) is 8.54. The maximum Gasteiger partial charge on any atom is -0.0122 e. The molecule has 0 amide bonds. The highest BCUT2D eigenvalue weighted by molar-refractivity contribution is 5.40. The summed E-state index contributed by atoms with van der Waals surface area (Å²) in [5.41, 5.74) is 3.48. The van der Waals surface area contributed by atoms with Crippen molar-refractivity contribution in [2.45, 2.75) is 69.6 Å². The molecule has 0 nitrogen and oxygen atoms in total. The van der Waals surface area contributed by atoms with Gasteiger partial charge in [0.1, 0.15) is 0 Å². The molecule has 0 spiro atoms. The van der Waals surface area contributed by atoms with Crippen LogP contribution in [0.4, 0.5) is 0 Å². The monoisotopic (exact) mass is 254 g/mol. The molecule has 3 aliphatic carbocycles. The first-order chi connectivity index (χ1) is 9.45. The molecule has 4 atom stereocenters. The Balaban J connectivity index is 1.78. The molecule has 2 saturated carbocycles. The van der Waals surface area contributed by atoms with Gasteiger partial charge in [0.25, 0.3) is 0 Å². The zero-order chi connectivity index (χ0) is 12.7. The molecule has 0 radical (unpaired) electrons. The Bertz CT molecular complexity index is 432. The Morgan fingerprint density at radius 1 is 0.632 bits per heavy atom. The van der Waals surface area contributed by atoms with Gasteiger partial charge < -0.3 is 0 Å². The van der Waals surface area contributed by atoms with Gasteiger partial charge in [0.2, 0.25) is 0 Å². The van der Waals surface area contributed by atoms with E-state index in [-0.39, 0.29) is 0 Å². The van der Waals surface area contributed by atoms with Crippen LogP contribution in [0.1, 0.15) is 80.8 Å². The topological polar surface area (TPSA) is 0 Å². The van der Waals surface area contributed by atoms with Gasteiger partial charge in [-0.05, 0) is 47.6 Å². The lowest BCUT2D eigenvalue weighted by Crippen LogP contribution is -2.23. The fourth-order valence-electron chi connectivity index (χ4n) is 5.48. The summed E-state index contributed by atoms with van der Waals surface area (Å²) in [6.45, 7) is 0. The van der Waals surface area contributed by atoms with Gasteiger partial charge in [-0.15, -0.1) is 0 Å². The molecule has 1 aromatic rings. The predicted octanol–water partition coefficient (Wildman–Crippen LogP) is 5.64. The third-order valence-corrected chi connectivity index (χ3v) is 6.20. The van der Waals surface area contributed by atoms with E-state index in [1.54, 1.807) is 11.1 Å². The van der Waals surface area contributed by atoms with Crippen molar-refractivity contribution in [1.82, 2.24) is 0 Å². The van der Waals surface area contributed by atoms with Gasteiger partial charge in [0.05, 0.1) is 0 Å². The van der Waals surface area contributed by atoms with Gasteiger partial charge in [0.15, 0.2) is 0 Å². The number of hydrogen-bond acceptors (Lipinski definition) is 0. The molecular weight excluding hydrogens is 228 g/mol. The Morgan fingerprint density at radius 3 is 1.84 bits per heavy atom. The summed E-state index contributed by atoms with van der Waals surface area (Å²) >= 11 is 0. The van der Waals surface area contributed by atoms with E-state index in [1.807, 2.05) is 0 Å². The van der Waals surface area contributed by atoms with Gasteiger partial charge in [0, 0.05) is 0 Å². The smallest absolute Gasteiger partial charge is 0.0122 e. The zero-order valence-corrected chi connectivity index (χ0v) is 12.0. The highest BCUT2D eigenvalue weighted by atomic mass is 14.5. The van der Waals surface area contributed by atoms with E-state index in [0.717, 1.165) is 23.7 Å². The van der Waals surface area contributed by atoms with Gasteiger partial charge in [-0.1, -0.05) is 69.2 Å². The molecule has 3 aliphatic rings. The van der Waals surface area contributed by atoms with E-state index in [1.165, 1.54) is 57.8 Å². The van der Waals surface area contributed by atoms with Crippen LogP contribution in [-0.2, 0) is 0 Å². The summed E-state index contributed by atoms with van der Waals surface area (Å²) < 4.78 is 0. The average molecular weight is 254 g/mol. The second-order valence-corrected chi connectivity index (χ2v) is 7.10. The standard InChI is InChI=1S/C19H26/c1-2-8-14-9-4-5-13-18-16-11-7-6-10-15(16)17(12-3-1)19(14)18/h6-7,10-11,14,17-19H,1-5,8-9,12-13H2. The number of benzene rings is 1. The molecule has 0 bridgehead atoms. The quantitative estimate of drug-likeness (QED) is 0.562. The van der Waals surface area contributed by atoms with Crippen LogP contribution in [0.5, 0.6) is 0 Å². The molecule has 2 fully saturated rings. The van der Waals surface area contributed by atoms with Gasteiger partial charge in [-0.2, -0.15) is 0 Å². The minimum absolute atomic E-state index is 0.907. The Kier molecular flexibility index (Phi) is 3.13. The van der Waals surface area contributed by atoms with E-state index in [4.69, 9.17) is 0 Å². The van der Waals surface area contributed by atoms with Crippen molar-refractivity contribution in [1.29, 1.82) is 0 Å². The predicted molar refractivity (Wildman–Crippen MR) is 80.5 cm³/mol. The van der Waals surface area contributed by atoms with Crippen molar-refractivity contribution in [2.24, 2.45) is 11.8 Å². The van der Waals surface area contributed by atoms with Gasteiger partial charge in [-0.25, -0.2) is 0 Å². The average Bonchev–Trinajstić information content (AvgIpc) is 2.58. The van der Waals surface area contributed by atoms with Crippen LogP contribution >= 0.6 is 0 Å².